The van der Waals surface area contributed by atoms with Crippen molar-refractivity contribution in [2.75, 3.05) is 20.2 Å². The Hall–Kier alpha value is -1.26. The Morgan fingerprint density at radius 3 is 2.20 bits per heavy atom. The van der Waals surface area contributed by atoms with Gasteiger partial charge in [-0.25, -0.2) is 4.79 Å². The highest BCUT2D eigenvalue weighted by Gasteiger charge is 2.44. The van der Waals surface area contributed by atoms with Crippen molar-refractivity contribution in [3.8, 4) is 0 Å². The minimum absolute atomic E-state index is 0.209. The third-order valence-electron chi connectivity index (χ3n) is 3.53. The number of fused-ring (bicyclic) bond motifs is 1. The number of hydrogen-bond donors (Lipinski definition) is 1. The van der Waals surface area contributed by atoms with Crippen molar-refractivity contribution in [3.05, 3.63) is 0 Å². The summed E-state index contributed by atoms with van der Waals surface area (Å²) in [4.78, 5) is 23.7. The molecule has 1 aliphatic carbocycles. The van der Waals surface area contributed by atoms with Crippen LogP contribution in [0.25, 0.3) is 0 Å². The maximum atomic E-state index is 11.2. The van der Waals surface area contributed by atoms with E-state index in [1.165, 1.54) is 7.11 Å². The topological polar surface area (TPSA) is 66.8 Å². The first-order chi connectivity index (χ1) is 7.11. The van der Waals surface area contributed by atoms with E-state index >= 15 is 0 Å². The molecule has 5 heteroatoms. The number of carboxylic acids is 1. The number of carbonyl (C=O) groups is 2. The van der Waals surface area contributed by atoms with Gasteiger partial charge in [-0.05, 0) is 24.7 Å². The van der Waals surface area contributed by atoms with E-state index in [1.54, 1.807) is 4.90 Å². The average Bonchev–Trinajstić information content (AvgIpc) is 2.72. The summed E-state index contributed by atoms with van der Waals surface area (Å²) in [6, 6.07) is 0. The van der Waals surface area contributed by atoms with Crippen molar-refractivity contribution < 1.29 is 19.4 Å². The molecular weight excluding hydrogens is 198 g/mol. The zero-order chi connectivity index (χ0) is 11.0. The minimum Gasteiger partial charge on any atom is -0.481 e. The lowest BCUT2D eigenvalue weighted by atomic mass is 10.0. The molecular formula is C10H15NO4. The number of carboxylic acid groups (broad SMARTS) is 1. The fraction of sp³-hybridized carbons (Fsp3) is 0.800. The van der Waals surface area contributed by atoms with Crippen molar-refractivity contribution in [2.45, 2.75) is 12.8 Å². The van der Waals surface area contributed by atoms with Crippen LogP contribution in [0.5, 0.6) is 0 Å². The van der Waals surface area contributed by atoms with E-state index in [9.17, 15) is 9.59 Å². The molecule has 0 aromatic heterocycles. The van der Waals surface area contributed by atoms with Gasteiger partial charge in [-0.3, -0.25) is 4.79 Å². The highest BCUT2D eigenvalue weighted by Crippen LogP contribution is 2.41. The lowest BCUT2D eigenvalue weighted by molar-refractivity contribution is -0.141. The van der Waals surface area contributed by atoms with Crippen molar-refractivity contribution in [3.63, 3.8) is 0 Å². The first-order valence-electron chi connectivity index (χ1n) is 5.17. The van der Waals surface area contributed by atoms with Gasteiger partial charge >= 0.3 is 12.1 Å². The van der Waals surface area contributed by atoms with Gasteiger partial charge in [0, 0.05) is 13.1 Å². The molecule has 84 valence electrons. The summed E-state index contributed by atoms with van der Waals surface area (Å²) in [6.45, 7) is 1.31. The second kappa shape index (κ2) is 3.72. The molecule has 0 spiro atoms. The molecule has 15 heavy (non-hydrogen) atoms. The molecule has 2 fully saturated rings. The Balaban J connectivity index is 1.93. The Kier molecular flexibility index (Phi) is 2.54. The molecule has 0 aromatic carbocycles. The molecule has 1 aliphatic heterocycles. The van der Waals surface area contributed by atoms with E-state index < -0.39 is 5.97 Å². The van der Waals surface area contributed by atoms with Crippen LogP contribution in [0, 0.1) is 17.8 Å². The molecule has 2 rings (SSSR count). The number of likely N-dealkylation sites (tertiary alicyclic amines) is 1. The Morgan fingerprint density at radius 1 is 1.27 bits per heavy atom. The van der Waals surface area contributed by atoms with Gasteiger partial charge in [-0.2, -0.15) is 0 Å². The van der Waals surface area contributed by atoms with Gasteiger partial charge in [-0.1, -0.05) is 0 Å². The van der Waals surface area contributed by atoms with Crippen molar-refractivity contribution in [2.24, 2.45) is 17.8 Å². The van der Waals surface area contributed by atoms with Crippen LogP contribution in [0.1, 0.15) is 12.8 Å². The second-order valence-electron chi connectivity index (χ2n) is 4.40. The normalized spacial score (nSPS) is 33.9. The van der Waals surface area contributed by atoms with Gasteiger partial charge in [0.1, 0.15) is 0 Å². The Morgan fingerprint density at radius 2 is 1.80 bits per heavy atom. The summed E-state index contributed by atoms with van der Waals surface area (Å²) in [7, 11) is 1.37. The van der Waals surface area contributed by atoms with Crippen molar-refractivity contribution >= 4 is 12.1 Å². The number of aliphatic carboxylic acids is 1. The first-order valence-corrected chi connectivity index (χ1v) is 5.17. The molecule has 1 amide bonds. The van der Waals surface area contributed by atoms with Crippen LogP contribution >= 0.6 is 0 Å². The number of carbonyl (C=O) groups excluding carboxylic acids is 1. The van der Waals surface area contributed by atoms with E-state index in [4.69, 9.17) is 5.11 Å². The number of rotatable bonds is 1. The van der Waals surface area contributed by atoms with Crippen molar-refractivity contribution in [1.82, 2.24) is 4.90 Å². The summed E-state index contributed by atoms with van der Waals surface area (Å²) in [5.41, 5.74) is 0. The zero-order valence-corrected chi connectivity index (χ0v) is 8.68. The predicted molar refractivity (Wildman–Crippen MR) is 51.3 cm³/mol. The molecule has 0 bridgehead atoms. The van der Waals surface area contributed by atoms with Gasteiger partial charge in [0.2, 0.25) is 0 Å². The molecule has 5 nitrogen and oxygen atoms in total. The number of amides is 1. The Labute approximate surface area is 88.0 Å². The minimum atomic E-state index is -0.700. The van der Waals surface area contributed by atoms with Crippen LogP contribution in [-0.2, 0) is 9.53 Å². The molecule has 0 radical (unpaired) electrons. The maximum Gasteiger partial charge on any atom is 0.409 e. The standard InChI is InChI=1S/C10H15NO4/c1-15-10(14)11-4-7-2-6(9(12)13)3-8(7)5-11/h6-8H,2-5H2,1H3,(H,12,13)/t6?,7-,8+. The number of nitrogens with zero attached hydrogens (tertiary/aromatic N) is 1. The van der Waals surface area contributed by atoms with Gasteiger partial charge < -0.3 is 14.7 Å². The van der Waals surface area contributed by atoms with E-state index in [0.717, 1.165) is 0 Å². The number of ether oxygens (including phenoxy) is 1. The molecule has 2 aliphatic rings. The lowest BCUT2D eigenvalue weighted by Gasteiger charge is -2.16. The van der Waals surface area contributed by atoms with Gasteiger partial charge in [0.05, 0.1) is 13.0 Å². The summed E-state index contributed by atoms with van der Waals surface area (Å²) in [5, 5.41) is 8.88. The smallest absolute Gasteiger partial charge is 0.409 e. The van der Waals surface area contributed by atoms with Crippen LogP contribution in [0.15, 0.2) is 0 Å². The zero-order valence-electron chi connectivity index (χ0n) is 8.68. The average molecular weight is 213 g/mol. The number of hydrogen-bond acceptors (Lipinski definition) is 3. The first kappa shape index (κ1) is 10.3. The molecule has 3 atom stereocenters. The van der Waals surface area contributed by atoms with Crippen LogP contribution < -0.4 is 0 Å². The second-order valence-corrected chi connectivity index (χ2v) is 4.40. The Bertz CT molecular complexity index is 277. The fourth-order valence-corrected chi connectivity index (χ4v) is 2.78. The summed E-state index contributed by atoms with van der Waals surface area (Å²) >= 11 is 0. The van der Waals surface area contributed by atoms with Gasteiger partial charge in [-0.15, -0.1) is 0 Å². The summed E-state index contributed by atoms with van der Waals surface area (Å²) in [5.74, 6) is -0.204. The maximum absolute atomic E-state index is 11.2. The van der Waals surface area contributed by atoms with E-state index in [1.807, 2.05) is 0 Å². The third-order valence-corrected chi connectivity index (χ3v) is 3.53. The molecule has 1 heterocycles. The third kappa shape index (κ3) is 1.78. The largest absolute Gasteiger partial charge is 0.481 e. The van der Waals surface area contributed by atoms with Crippen molar-refractivity contribution in [1.29, 1.82) is 0 Å². The molecule has 1 unspecified atom stereocenters. The van der Waals surface area contributed by atoms with E-state index in [0.29, 0.717) is 37.8 Å². The van der Waals surface area contributed by atoms with Gasteiger partial charge in [0.25, 0.3) is 0 Å². The summed E-state index contributed by atoms with van der Waals surface area (Å²) in [6.07, 6.45) is 1.11. The van der Waals surface area contributed by atoms with E-state index in [2.05, 4.69) is 4.74 Å². The molecule has 1 saturated carbocycles. The molecule has 1 N–H and O–H groups in total. The van der Waals surface area contributed by atoms with E-state index in [-0.39, 0.29) is 12.0 Å². The summed E-state index contributed by atoms with van der Waals surface area (Å²) < 4.78 is 4.64. The van der Waals surface area contributed by atoms with Crippen LogP contribution in [0.4, 0.5) is 4.79 Å². The highest BCUT2D eigenvalue weighted by molar-refractivity contribution is 5.71. The number of methoxy groups -OCH3 is 1. The fourth-order valence-electron chi connectivity index (χ4n) is 2.78. The quantitative estimate of drug-likeness (QED) is 0.699. The lowest BCUT2D eigenvalue weighted by Crippen LogP contribution is -2.30. The van der Waals surface area contributed by atoms with Crippen LogP contribution in [0.2, 0.25) is 0 Å². The predicted octanol–water partition coefficient (Wildman–Crippen LogP) is 0.795. The SMILES string of the molecule is COC(=O)N1C[C@H]2CC(C(=O)O)C[C@H]2C1. The molecule has 1 saturated heterocycles. The highest BCUT2D eigenvalue weighted by atomic mass is 16.5. The van der Waals surface area contributed by atoms with Crippen LogP contribution in [0.3, 0.4) is 0 Å². The monoisotopic (exact) mass is 213 g/mol. The van der Waals surface area contributed by atoms with Gasteiger partial charge in [0.15, 0.2) is 0 Å². The van der Waals surface area contributed by atoms with Crippen LogP contribution in [-0.4, -0.2) is 42.3 Å². The molecule has 0 aromatic rings.